The fourth-order valence-electron chi connectivity index (χ4n) is 4.13. The molecule has 0 saturated heterocycles. The molecule has 3 aromatic rings. The molecule has 2 N–H and O–H groups in total. The molecule has 1 atom stereocenters. The highest BCUT2D eigenvalue weighted by molar-refractivity contribution is 6.07. The van der Waals surface area contributed by atoms with E-state index in [4.69, 9.17) is 10.5 Å². The zero-order chi connectivity index (χ0) is 20.0. The summed E-state index contributed by atoms with van der Waals surface area (Å²) in [6, 6.07) is 6.21. The van der Waals surface area contributed by atoms with Crippen molar-refractivity contribution in [3.05, 3.63) is 46.0 Å². The number of pyridine rings is 2. The highest BCUT2D eigenvalue weighted by Gasteiger charge is 2.28. The topological polar surface area (TPSA) is 70.1 Å². The first-order valence-corrected chi connectivity index (χ1v) is 10.2. The largest absolute Gasteiger partial charge is 0.492 e. The lowest BCUT2D eigenvalue weighted by molar-refractivity contribution is 0.269. The maximum atomic E-state index is 13.0. The van der Waals surface area contributed by atoms with Crippen LogP contribution in [0.2, 0.25) is 0 Å². The monoisotopic (exact) mass is 379 g/mol. The summed E-state index contributed by atoms with van der Waals surface area (Å²) in [5, 5.41) is 2.76. The molecular weight excluding hydrogens is 350 g/mol. The van der Waals surface area contributed by atoms with Gasteiger partial charge >= 0.3 is 0 Å². The van der Waals surface area contributed by atoms with Gasteiger partial charge < -0.3 is 15.0 Å². The first-order chi connectivity index (χ1) is 13.4. The zero-order valence-electron chi connectivity index (χ0n) is 17.2. The van der Waals surface area contributed by atoms with Crippen molar-refractivity contribution in [2.45, 2.75) is 52.0 Å². The van der Waals surface area contributed by atoms with Gasteiger partial charge in [0.15, 0.2) is 0 Å². The second kappa shape index (κ2) is 7.21. The van der Waals surface area contributed by atoms with Crippen LogP contribution in [-0.2, 0) is 7.05 Å². The van der Waals surface area contributed by atoms with E-state index in [2.05, 4.69) is 24.9 Å². The lowest BCUT2D eigenvalue weighted by Crippen LogP contribution is -2.29. The molecule has 1 aliphatic rings. The molecule has 0 aliphatic heterocycles. The van der Waals surface area contributed by atoms with Crippen LogP contribution in [0.5, 0.6) is 5.75 Å². The highest BCUT2D eigenvalue weighted by Crippen LogP contribution is 2.46. The van der Waals surface area contributed by atoms with E-state index in [1.54, 1.807) is 10.8 Å². The summed E-state index contributed by atoms with van der Waals surface area (Å²) in [7, 11) is 1.82. The van der Waals surface area contributed by atoms with Crippen LogP contribution in [0.1, 0.15) is 50.3 Å². The first kappa shape index (κ1) is 18.9. The zero-order valence-corrected chi connectivity index (χ0v) is 17.2. The summed E-state index contributed by atoms with van der Waals surface area (Å²) < 4.78 is 7.90. The SMILES string of the molecule is Cc1nccc2c1c(=O)n(C)c1cc(OCC(N)CC(C)C)c(C3CC3)cc21. The second-order valence-corrected chi connectivity index (χ2v) is 8.57. The molecule has 5 heteroatoms. The molecular formula is C23H29N3O2. The van der Waals surface area contributed by atoms with Gasteiger partial charge in [-0.25, -0.2) is 0 Å². The Morgan fingerprint density at radius 2 is 2.04 bits per heavy atom. The van der Waals surface area contributed by atoms with E-state index in [0.29, 0.717) is 23.8 Å². The van der Waals surface area contributed by atoms with Gasteiger partial charge in [-0.2, -0.15) is 0 Å². The van der Waals surface area contributed by atoms with Crippen LogP contribution in [0, 0.1) is 12.8 Å². The van der Waals surface area contributed by atoms with Crippen molar-refractivity contribution in [2.24, 2.45) is 18.7 Å². The molecule has 1 aliphatic carbocycles. The molecule has 0 bridgehead atoms. The van der Waals surface area contributed by atoms with Gasteiger partial charge in [0.1, 0.15) is 12.4 Å². The van der Waals surface area contributed by atoms with Crippen LogP contribution in [0.4, 0.5) is 0 Å². The Labute approximate surface area is 165 Å². The van der Waals surface area contributed by atoms with Gasteiger partial charge in [-0.3, -0.25) is 9.78 Å². The number of ether oxygens (including phenoxy) is 1. The van der Waals surface area contributed by atoms with Crippen molar-refractivity contribution in [3.63, 3.8) is 0 Å². The molecule has 1 unspecified atom stereocenters. The Morgan fingerprint density at radius 3 is 2.71 bits per heavy atom. The molecule has 0 radical (unpaired) electrons. The molecule has 2 aromatic heterocycles. The standard InChI is InChI=1S/C23H29N3O2/c1-13(2)9-16(24)12-28-21-11-20-19(10-18(21)15-5-6-15)17-7-8-25-14(3)22(17)23(27)26(20)4/h7-8,10-11,13,15-16H,5-6,9,12,24H2,1-4H3. The summed E-state index contributed by atoms with van der Waals surface area (Å²) in [5.41, 5.74) is 9.11. The minimum atomic E-state index is -0.0188. The third-order valence-electron chi connectivity index (χ3n) is 5.68. The number of nitrogens with zero attached hydrogens (tertiary/aromatic N) is 2. The van der Waals surface area contributed by atoms with E-state index in [0.717, 1.165) is 34.2 Å². The minimum absolute atomic E-state index is 0.0110. The van der Waals surface area contributed by atoms with Crippen molar-refractivity contribution < 1.29 is 4.74 Å². The van der Waals surface area contributed by atoms with E-state index < -0.39 is 0 Å². The molecule has 1 aromatic carbocycles. The van der Waals surface area contributed by atoms with E-state index >= 15 is 0 Å². The average Bonchev–Trinajstić information content (AvgIpc) is 3.48. The number of benzene rings is 1. The third-order valence-corrected chi connectivity index (χ3v) is 5.68. The summed E-state index contributed by atoms with van der Waals surface area (Å²) in [6.45, 7) is 6.73. The van der Waals surface area contributed by atoms with Crippen LogP contribution >= 0.6 is 0 Å². The Bertz CT molecular complexity index is 1100. The van der Waals surface area contributed by atoms with Crippen molar-refractivity contribution >= 4 is 21.7 Å². The van der Waals surface area contributed by atoms with E-state index in [1.807, 2.05) is 26.1 Å². The Kier molecular flexibility index (Phi) is 4.88. The predicted molar refractivity (Wildman–Crippen MR) is 114 cm³/mol. The van der Waals surface area contributed by atoms with Crippen LogP contribution in [0.25, 0.3) is 21.7 Å². The number of nitrogens with two attached hydrogens (primary N) is 1. The fourth-order valence-corrected chi connectivity index (χ4v) is 4.13. The highest BCUT2D eigenvalue weighted by atomic mass is 16.5. The summed E-state index contributed by atoms with van der Waals surface area (Å²) in [6.07, 6.45) is 5.08. The lowest BCUT2D eigenvalue weighted by Gasteiger charge is -2.19. The third kappa shape index (κ3) is 3.39. The molecule has 4 rings (SSSR count). The van der Waals surface area contributed by atoms with E-state index in [9.17, 15) is 4.79 Å². The average molecular weight is 380 g/mol. The molecule has 0 amide bonds. The van der Waals surface area contributed by atoms with Gasteiger partial charge in [-0.1, -0.05) is 13.8 Å². The van der Waals surface area contributed by atoms with E-state index in [-0.39, 0.29) is 11.6 Å². The van der Waals surface area contributed by atoms with Gasteiger partial charge in [-0.15, -0.1) is 0 Å². The normalized spacial score (nSPS) is 15.5. The van der Waals surface area contributed by atoms with Crippen LogP contribution in [0.15, 0.2) is 29.2 Å². The number of aromatic nitrogens is 2. The van der Waals surface area contributed by atoms with Gasteiger partial charge in [0.2, 0.25) is 0 Å². The number of rotatable bonds is 6. The number of hydrogen-bond acceptors (Lipinski definition) is 4. The van der Waals surface area contributed by atoms with Crippen molar-refractivity contribution in [3.8, 4) is 5.75 Å². The maximum Gasteiger partial charge on any atom is 0.260 e. The summed E-state index contributed by atoms with van der Waals surface area (Å²) in [5.74, 6) is 1.95. The molecule has 5 nitrogen and oxygen atoms in total. The van der Waals surface area contributed by atoms with Crippen LogP contribution < -0.4 is 16.0 Å². The van der Waals surface area contributed by atoms with Crippen LogP contribution in [0.3, 0.4) is 0 Å². The quantitative estimate of drug-likeness (QED) is 0.657. The predicted octanol–water partition coefficient (Wildman–Crippen LogP) is 4.02. The Hall–Kier alpha value is -2.40. The summed E-state index contributed by atoms with van der Waals surface area (Å²) >= 11 is 0. The molecule has 1 fully saturated rings. The van der Waals surface area contributed by atoms with Crippen molar-refractivity contribution in [1.29, 1.82) is 0 Å². The van der Waals surface area contributed by atoms with Gasteiger partial charge in [0.05, 0.1) is 16.6 Å². The summed E-state index contributed by atoms with van der Waals surface area (Å²) in [4.78, 5) is 17.3. The number of aryl methyl sites for hydroxylation is 2. The maximum absolute atomic E-state index is 13.0. The molecule has 0 spiro atoms. The molecule has 1 saturated carbocycles. The first-order valence-electron chi connectivity index (χ1n) is 10.2. The van der Waals surface area contributed by atoms with Crippen molar-refractivity contribution in [1.82, 2.24) is 9.55 Å². The fraction of sp³-hybridized carbons (Fsp3) is 0.478. The molecule has 148 valence electrons. The van der Waals surface area contributed by atoms with Crippen molar-refractivity contribution in [2.75, 3.05) is 6.61 Å². The van der Waals surface area contributed by atoms with Crippen LogP contribution in [-0.4, -0.2) is 22.2 Å². The van der Waals surface area contributed by atoms with Gasteiger partial charge in [0, 0.05) is 30.7 Å². The number of fused-ring (bicyclic) bond motifs is 3. The van der Waals surface area contributed by atoms with Gasteiger partial charge in [0.25, 0.3) is 5.56 Å². The van der Waals surface area contributed by atoms with E-state index in [1.165, 1.54) is 18.4 Å². The lowest BCUT2D eigenvalue weighted by atomic mass is 10.0. The minimum Gasteiger partial charge on any atom is -0.492 e. The Morgan fingerprint density at radius 1 is 1.29 bits per heavy atom. The Balaban J connectivity index is 1.85. The number of hydrogen-bond donors (Lipinski definition) is 1. The molecule has 28 heavy (non-hydrogen) atoms. The second-order valence-electron chi connectivity index (χ2n) is 8.57. The smallest absolute Gasteiger partial charge is 0.260 e. The van der Waals surface area contributed by atoms with Gasteiger partial charge in [-0.05, 0) is 61.1 Å². The molecule has 2 heterocycles.